The lowest BCUT2D eigenvalue weighted by atomic mass is 10.1. The molecular formula is C30H28F2N4O4. The fourth-order valence-electron chi connectivity index (χ4n) is 5.46. The zero-order valence-corrected chi connectivity index (χ0v) is 21.7. The van der Waals surface area contributed by atoms with Crippen LogP contribution in [0.4, 0.5) is 25.8 Å². The number of fused-ring (bicyclic) bond motifs is 1. The number of ether oxygens (including phenoxy) is 1. The van der Waals surface area contributed by atoms with Gasteiger partial charge in [0.05, 0.1) is 24.4 Å². The van der Waals surface area contributed by atoms with Crippen LogP contribution in [0.3, 0.4) is 0 Å². The molecule has 1 N–H and O–H groups in total. The van der Waals surface area contributed by atoms with Crippen molar-refractivity contribution in [3.8, 4) is 5.69 Å². The first-order chi connectivity index (χ1) is 19.4. The predicted octanol–water partition coefficient (Wildman–Crippen LogP) is 4.13. The molecular weight excluding hydrogens is 518 g/mol. The van der Waals surface area contributed by atoms with Crippen LogP contribution in [-0.2, 0) is 4.74 Å². The lowest BCUT2D eigenvalue weighted by Crippen LogP contribution is -2.46. The van der Waals surface area contributed by atoms with E-state index in [1.54, 1.807) is 22.8 Å². The number of morpholine rings is 1. The highest BCUT2D eigenvalue weighted by Crippen LogP contribution is 2.30. The molecule has 2 aliphatic rings. The first kappa shape index (κ1) is 25.8. The van der Waals surface area contributed by atoms with Gasteiger partial charge in [-0.15, -0.1) is 0 Å². The normalized spacial score (nSPS) is 16.0. The molecule has 0 amide bonds. The van der Waals surface area contributed by atoms with Gasteiger partial charge in [-0.1, -0.05) is 6.07 Å². The molecule has 40 heavy (non-hydrogen) atoms. The van der Waals surface area contributed by atoms with Crippen LogP contribution >= 0.6 is 0 Å². The van der Waals surface area contributed by atoms with Gasteiger partial charge in [-0.25, -0.2) is 13.6 Å². The number of piperazine rings is 1. The van der Waals surface area contributed by atoms with Crippen LogP contribution in [0.1, 0.15) is 10.4 Å². The lowest BCUT2D eigenvalue weighted by Gasteiger charge is -2.37. The summed E-state index contributed by atoms with van der Waals surface area (Å²) in [7, 11) is 0. The van der Waals surface area contributed by atoms with Gasteiger partial charge in [-0.3, -0.25) is 4.79 Å². The first-order valence-corrected chi connectivity index (χ1v) is 13.2. The van der Waals surface area contributed by atoms with Crippen molar-refractivity contribution in [2.75, 3.05) is 67.2 Å². The number of aromatic nitrogens is 1. The molecule has 2 aliphatic heterocycles. The van der Waals surface area contributed by atoms with Crippen LogP contribution in [0.5, 0.6) is 0 Å². The van der Waals surface area contributed by atoms with Crippen molar-refractivity contribution in [1.82, 2.24) is 4.57 Å². The minimum atomic E-state index is -1.37. The second-order valence-corrected chi connectivity index (χ2v) is 9.94. The summed E-state index contributed by atoms with van der Waals surface area (Å²) >= 11 is 0. The fraction of sp³-hybridized carbons (Fsp3) is 0.267. The quantitative estimate of drug-likeness (QED) is 0.403. The second kappa shape index (κ2) is 10.6. The van der Waals surface area contributed by atoms with Crippen LogP contribution in [-0.4, -0.2) is 68.1 Å². The van der Waals surface area contributed by atoms with Crippen LogP contribution in [0.15, 0.2) is 71.7 Å². The maximum absolute atomic E-state index is 15.5. The Morgan fingerprint density at radius 3 is 2.12 bits per heavy atom. The third-order valence-corrected chi connectivity index (χ3v) is 7.60. The van der Waals surface area contributed by atoms with Crippen molar-refractivity contribution < 1.29 is 23.4 Å². The summed E-state index contributed by atoms with van der Waals surface area (Å²) in [5.74, 6) is -2.25. The van der Waals surface area contributed by atoms with Crippen molar-refractivity contribution in [3.05, 3.63) is 94.3 Å². The van der Waals surface area contributed by atoms with Crippen molar-refractivity contribution in [1.29, 1.82) is 0 Å². The molecule has 3 heterocycles. The molecule has 0 unspecified atom stereocenters. The Balaban J connectivity index is 1.39. The Kier molecular flexibility index (Phi) is 6.85. The minimum absolute atomic E-state index is 0.00266. The summed E-state index contributed by atoms with van der Waals surface area (Å²) in [5, 5.41) is 9.76. The van der Waals surface area contributed by atoms with Gasteiger partial charge in [-0.05, 0) is 54.6 Å². The highest BCUT2D eigenvalue weighted by atomic mass is 19.1. The van der Waals surface area contributed by atoms with E-state index in [9.17, 15) is 19.1 Å². The van der Waals surface area contributed by atoms with E-state index in [1.165, 1.54) is 18.3 Å². The monoisotopic (exact) mass is 546 g/mol. The third-order valence-electron chi connectivity index (χ3n) is 7.60. The Morgan fingerprint density at radius 2 is 1.43 bits per heavy atom. The number of carboxylic acid groups (broad SMARTS) is 1. The number of hydrogen-bond donors (Lipinski definition) is 1. The van der Waals surface area contributed by atoms with Gasteiger partial charge in [-0.2, -0.15) is 0 Å². The third kappa shape index (κ3) is 4.86. The zero-order valence-electron chi connectivity index (χ0n) is 21.7. The van der Waals surface area contributed by atoms with Gasteiger partial charge < -0.3 is 29.1 Å². The Hall–Kier alpha value is -4.44. The van der Waals surface area contributed by atoms with Crippen molar-refractivity contribution >= 4 is 33.9 Å². The molecule has 8 nitrogen and oxygen atoms in total. The lowest BCUT2D eigenvalue weighted by molar-refractivity contribution is 0.0695. The summed E-state index contributed by atoms with van der Waals surface area (Å²) in [4.78, 5) is 31.3. The minimum Gasteiger partial charge on any atom is -0.477 e. The number of halogens is 2. The summed E-state index contributed by atoms with van der Waals surface area (Å²) in [6.07, 6.45) is 1.32. The number of pyridine rings is 1. The van der Waals surface area contributed by atoms with Crippen molar-refractivity contribution in [2.45, 2.75) is 0 Å². The molecule has 4 aromatic rings. The van der Waals surface area contributed by atoms with Crippen LogP contribution in [0, 0.1) is 11.6 Å². The molecule has 0 spiro atoms. The average molecular weight is 547 g/mol. The number of nitrogens with zero attached hydrogens (tertiary/aromatic N) is 4. The summed E-state index contributed by atoms with van der Waals surface area (Å²) < 4.78 is 36.0. The molecule has 1 aromatic heterocycles. The van der Waals surface area contributed by atoms with Gasteiger partial charge >= 0.3 is 5.97 Å². The molecule has 0 bridgehead atoms. The largest absolute Gasteiger partial charge is 0.477 e. The number of carbonyl (C=O) groups is 1. The maximum Gasteiger partial charge on any atom is 0.341 e. The SMILES string of the molecule is O=C(O)c1cn(-c2cccc(N3CCOCC3)c2)c2cc(N3CCN(c4ccc(F)cc4)CC3)c(F)cc2c1=O. The maximum atomic E-state index is 15.5. The van der Waals surface area contributed by atoms with Crippen LogP contribution in [0.25, 0.3) is 16.6 Å². The van der Waals surface area contributed by atoms with E-state index in [2.05, 4.69) is 9.80 Å². The number of anilines is 3. The topological polar surface area (TPSA) is 78.2 Å². The predicted molar refractivity (Wildman–Crippen MR) is 150 cm³/mol. The van der Waals surface area contributed by atoms with E-state index in [0.717, 1.165) is 30.5 Å². The number of hydrogen-bond acceptors (Lipinski definition) is 6. The Labute approximate surface area is 229 Å². The van der Waals surface area contributed by atoms with Gasteiger partial charge in [0.25, 0.3) is 0 Å². The zero-order chi connectivity index (χ0) is 27.8. The van der Waals surface area contributed by atoms with Gasteiger partial charge in [0.1, 0.15) is 17.2 Å². The number of benzene rings is 3. The molecule has 3 aromatic carbocycles. The summed E-state index contributed by atoms with van der Waals surface area (Å²) in [6, 6.07) is 16.7. The smallest absolute Gasteiger partial charge is 0.341 e. The van der Waals surface area contributed by atoms with E-state index < -0.39 is 22.8 Å². The van der Waals surface area contributed by atoms with Crippen LogP contribution < -0.4 is 20.1 Å². The van der Waals surface area contributed by atoms with Crippen LogP contribution in [0.2, 0.25) is 0 Å². The summed E-state index contributed by atoms with van der Waals surface area (Å²) in [6.45, 7) is 4.94. The fourth-order valence-corrected chi connectivity index (χ4v) is 5.46. The molecule has 206 valence electrons. The van der Waals surface area contributed by atoms with Gasteiger partial charge in [0.2, 0.25) is 5.43 Å². The molecule has 0 aliphatic carbocycles. The van der Waals surface area contributed by atoms with E-state index in [1.807, 2.05) is 29.2 Å². The molecule has 10 heteroatoms. The molecule has 2 fully saturated rings. The summed E-state index contributed by atoms with van der Waals surface area (Å²) in [5.41, 5.74) is 2.12. The Morgan fingerprint density at radius 1 is 0.775 bits per heavy atom. The van der Waals surface area contributed by atoms with Gasteiger partial charge in [0.15, 0.2) is 0 Å². The molecule has 2 saturated heterocycles. The molecule has 0 atom stereocenters. The number of rotatable bonds is 5. The van der Waals surface area contributed by atoms with E-state index in [4.69, 9.17) is 4.74 Å². The van der Waals surface area contributed by atoms with E-state index in [-0.39, 0.29) is 11.2 Å². The molecule has 0 saturated carbocycles. The number of aromatic carboxylic acids is 1. The van der Waals surface area contributed by atoms with Crippen molar-refractivity contribution in [3.63, 3.8) is 0 Å². The second-order valence-electron chi connectivity index (χ2n) is 9.94. The first-order valence-electron chi connectivity index (χ1n) is 13.2. The standard InChI is InChI=1S/C30H28F2N4O4/c31-20-4-6-21(7-5-20)33-8-10-35(11-9-33)28-18-27-24(17-26(28)32)29(37)25(30(38)39)19-36(27)23-3-1-2-22(16-23)34-12-14-40-15-13-34/h1-7,16-19H,8-15H2,(H,38,39). The average Bonchev–Trinajstić information content (AvgIpc) is 2.98. The highest BCUT2D eigenvalue weighted by molar-refractivity contribution is 5.94. The molecule has 6 rings (SSSR count). The van der Waals surface area contributed by atoms with Crippen molar-refractivity contribution in [2.24, 2.45) is 0 Å². The van der Waals surface area contributed by atoms with E-state index in [0.29, 0.717) is 56.3 Å². The van der Waals surface area contributed by atoms with E-state index >= 15 is 4.39 Å². The highest BCUT2D eigenvalue weighted by Gasteiger charge is 2.23. The molecule has 0 radical (unpaired) electrons. The number of carboxylic acids is 1. The Bertz CT molecular complexity index is 1630. The van der Waals surface area contributed by atoms with Gasteiger partial charge in [0, 0.05) is 67.9 Å².